The molecule has 0 radical (unpaired) electrons. The number of amides is 2. The number of imide groups is 1. The highest BCUT2D eigenvalue weighted by Gasteiger charge is 2.36. The standard InChI is InChI=1S/C6H10N2O3/c7-6(2-11-3-6)1-5(10)8-4-9/h4H,1-3,7H2,(H,8,9,10). The monoisotopic (exact) mass is 158 g/mol. The Morgan fingerprint density at radius 3 is 2.73 bits per heavy atom. The van der Waals surface area contributed by atoms with E-state index in [2.05, 4.69) is 0 Å². The van der Waals surface area contributed by atoms with Crippen LogP contribution in [-0.4, -0.2) is 31.1 Å². The van der Waals surface area contributed by atoms with Crippen LogP contribution in [0.2, 0.25) is 0 Å². The molecule has 1 saturated heterocycles. The van der Waals surface area contributed by atoms with Crippen molar-refractivity contribution in [1.29, 1.82) is 0 Å². The highest BCUT2D eigenvalue weighted by molar-refractivity contribution is 5.86. The van der Waals surface area contributed by atoms with Gasteiger partial charge in [-0.1, -0.05) is 0 Å². The van der Waals surface area contributed by atoms with E-state index >= 15 is 0 Å². The van der Waals surface area contributed by atoms with Gasteiger partial charge in [-0.3, -0.25) is 14.9 Å². The molecule has 0 aromatic rings. The molecule has 0 aromatic heterocycles. The fraction of sp³-hybridized carbons (Fsp3) is 0.667. The van der Waals surface area contributed by atoms with Crippen molar-refractivity contribution < 1.29 is 14.3 Å². The zero-order chi connectivity index (χ0) is 8.32. The van der Waals surface area contributed by atoms with Crippen molar-refractivity contribution in [2.24, 2.45) is 5.73 Å². The maximum absolute atomic E-state index is 10.8. The van der Waals surface area contributed by atoms with E-state index in [1.807, 2.05) is 5.32 Å². The molecule has 1 aliphatic rings. The summed E-state index contributed by atoms with van der Waals surface area (Å²) in [5.41, 5.74) is 5.08. The summed E-state index contributed by atoms with van der Waals surface area (Å²) in [4.78, 5) is 20.6. The third-order valence-electron chi connectivity index (χ3n) is 1.51. The van der Waals surface area contributed by atoms with Crippen LogP contribution in [-0.2, 0) is 14.3 Å². The minimum atomic E-state index is -0.549. The van der Waals surface area contributed by atoms with Crippen LogP contribution in [0.3, 0.4) is 0 Å². The average Bonchev–Trinajstić information content (AvgIpc) is 1.85. The van der Waals surface area contributed by atoms with Gasteiger partial charge in [0.05, 0.1) is 18.8 Å². The molecule has 3 N–H and O–H groups in total. The lowest BCUT2D eigenvalue weighted by Gasteiger charge is -2.36. The predicted octanol–water partition coefficient (Wildman–Crippen LogP) is -1.62. The summed E-state index contributed by atoms with van der Waals surface area (Å²) in [6.45, 7) is 0.776. The Bertz CT molecular complexity index is 177. The third kappa shape index (κ3) is 1.99. The minimum absolute atomic E-state index is 0.145. The van der Waals surface area contributed by atoms with Crippen LogP contribution in [0.1, 0.15) is 6.42 Å². The molecule has 0 atom stereocenters. The maximum Gasteiger partial charge on any atom is 0.228 e. The summed E-state index contributed by atoms with van der Waals surface area (Å²) in [5, 5.41) is 2.01. The van der Waals surface area contributed by atoms with Crippen molar-refractivity contribution in [2.45, 2.75) is 12.0 Å². The minimum Gasteiger partial charge on any atom is -0.377 e. The SMILES string of the molecule is NC1(CC(=O)NC=O)COC1. The van der Waals surface area contributed by atoms with Gasteiger partial charge in [0.1, 0.15) is 0 Å². The van der Waals surface area contributed by atoms with Gasteiger partial charge in [-0.2, -0.15) is 0 Å². The number of carbonyl (C=O) groups excluding carboxylic acids is 2. The molecule has 0 unspecified atom stereocenters. The predicted molar refractivity (Wildman–Crippen MR) is 36.6 cm³/mol. The Hall–Kier alpha value is -0.940. The van der Waals surface area contributed by atoms with Crippen molar-refractivity contribution >= 4 is 12.3 Å². The van der Waals surface area contributed by atoms with E-state index in [-0.39, 0.29) is 12.3 Å². The van der Waals surface area contributed by atoms with Crippen molar-refractivity contribution in [3.8, 4) is 0 Å². The summed E-state index contributed by atoms with van der Waals surface area (Å²) in [6, 6.07) is 0. The van der Waals surface area contributed by atoms with E-state index < -0.39 is 5.54 Å². The van der Waals surface area contributed by atoms with Crippen LogP contribution < -0.4 is 11.1 Å². The molecule has 1 aliphatic heterocycles. The molecule has 5 nitrogen and oxygen atoms in total. The Morgan fingerprint density at radius 2 is 2.36 bits per heavy atom. The molecule has 11 heavy (non-hydrogen) atoms. The Kier molecular flexibility index (Phi) is 2.21. The molecule has 1 rings (SSSR count). The zero-order valence-electron chi connectivity index (χ0n) is 6.00. The summed E-state index contributed by atoms with van der Waals surface area (Å²) in [6.07, 6.45) is 0.497. The van der Waals surface area contributed by atoms with Gasteiger partial charge in [0, 0.05) is 6.42 Å². The van der Waals surface area contributed by atoms with Gasteiger partial charge in [0.2, 0.25) is 12.3 Å². The topological polar surface area (TPSA) is 81.4 Å². The second-order valence-electron chi connectivity index (χ2n) is 2.72. The average molecular weight is 158 g/mol. The highest BCUT2D eigenvalue weighted by Crippen LogP contribution is 2.16. The lowest BCUT2D eigenvalue weighted by Crippen LogP contribution is -2.59. The smallest absolute Gasteiger partial charge is 0.228 e. The molecular weight excluding hydrogens is 148 g/mol. The second-order valence-corrected chi connectivity index (χ2v) is 2.72. The Morgan fingerprint density at radius 1 is 1.73 bits per heavy atom. The highest BCUT2D eigenvalue weighted by atomic mass is 16.5. The van der Waals surface area contributed by atoms with Crippen LogP contribution in [0.5, 0.6) is 0 Å². The summed E-state index contributed by atoms with van der Waals surface area (Å²) >= 11 is 0. The van der Waals surface area contributed by atoms with E-state index in [4.69, 9.17) is 10.5 Å². The van der Waals surface area contributed by atoms with Gasteiger partial charge >= 0.3 is 0 Å². The number of hydrogen-bond donors (Lipinski definition) is 2. The summed E-state index contributed by atoms with van der Waals surface area (Å²) in [7, 11) is 0. The van der Waals surface area contributed by atoms with Gasteiger partial charge in [0.25, 0.3) is 0 Å². The van der Waals surface area contributed by atoms with Gasteiger partial charge < -0.3 is 10.5 Å². The van der Waals surface area contributed by atoms with Crippen LogP contribution in [0, 0.1) is 0 Å². The number of ether oxygens (including phenoxy) is 1. The van der Waals surface area contributed by atoms with Crippen LogP contribution in [0.4, 0.5) is 0 Å². The lowest BCUT2D eigenvalue weighted by molar-refractivity contribution is -0.131. The van der Waals surface area contributed by atoms with Crippen molar-refractivity contribution in [3.63, 3.8) is 0 Å². The number of nitrogens with two attached hydrogens (primary N) is 1. The van der Waals surface area contributed by atoms with Gasteiger partial charge in [-0.05, 0) is 0 Å². The first kappa shape index (κ1) is 8.16. The maximum atomic E-state index is 10.8. The molecule has 2 amide bonds. The zero-order valence-corrected chi connectivity index (χ0v) is 6.00. The van der Waals surface area contributed by atoms with Gasteiger partial charge in [-0.15, -0.1) is 0 Å². The molecule has 1 fully saturated rings. The molecule has 0 aromatic carbocycles. The third-order valence-corrected chi connectivity index (χ3v) is 1.51. The number of hydrogen-bond acceptors (Lipinski definition) is 4. The Labute approximate surface area is 63.9 Å². The van der Waals surface area contributed by atoms with Crippen molar-refractivity contribution in [3.05, 3.63) is 0 Å². The van der Waals surface area contributed by atoms with Crippen molar-refractivity contribution in [2.75, 3.05) is 13.2 Å². The quantitative estimate of drug-likeness (QED) is 0.483. The number of carbonyl (C=O) groups is 2. The van der Waals surface area contributed by atoms with E-state index in [0.29, 0.717) is 19.6 Å². The van der Waals surface area contributed by atoms with Crippen LogP contribution >= 0.6 is 0 Å². The van der Waals surface area contributed by atoms with E-state index in [1.54, 1.807) is 0 Å². The number of nitrogens with one attached hydrogen (secondary N) is 1. The Balaban J connectivity index is 2.29. The molecular formula is C6H10N2O3. The summed E-state index contributed by atoms with van der Waals surface area (Å²) < 4.78 is 4.82. The van der Waals surface area contributed by atoms with E-state index in [9.17, 15) is 9.59 Å². The largest absolute Gasteiger partial charge is 0.377 e. The lowest BCUT2D eigenvalue weighted by atomic mass is 9.94. The number of rotatable bonds is 3. The van der Waals surface area contributed by atoms with E-state index in [0.717, 1.165) is 0 Å². The van der Waals surface area contributed by atoms with Crippen LogP contribution in [0.25, 0.3) is 0 Å². The normalized spacial score (nSPS) is 20.1. The molecule has 0 aliphatic carbocycles. The second kappa shape index (κ2) is 2.98. The first-order valence-electron chi connectivity index (χ1n) is 3.26. The fourth-order valence-corrected chi connectivity index (χ4v) is 0.903. The van der Waals surface area contributed by atoms with Gasteiger partial charge in [0.15, 0.2) is 0 Å². The molecule has 1 heterocycles. The van der Waals surface area contributed by atoms with Gasteiger partial charge in [-0.25, -0.2) is 0 Å². The molecule has 0 bridgehead atoms. The van der Waals surface area contributed by atoms with E-state index in [1.165, 1.54) is 0 Å². The molecule has 62 valence electrons. The summed E-state index contributed by atoms with van der Waals surface area (Å²) in [5.74, 6) is -0.356. The molecule has 0 spiro atoms. The molecule has 0 saturated carbocycles. The first-order valence-corrected chi connectivity index (χ1v) is 3.26. The van der Waals surface area contributed by atoms with Crippen LogP contribution in [0.15, 0.2) is 0 Å². The first-order chi connectivity index (χ1) is 5.16. The van der Waals surface area contributed by atoms with Crippen molar-refractivity contribution in [1.82, 2.24) is 5.32 Å². The molecule has 5 heteroatoms. The fourth-order valence-electron chi connectivity index (χ4n) is 0.903.